The van der Waals surface area contributed by atoms with Crippen molar-refractivity contribution in [3.05, 3.63) is 11.0 Å². The first-order valence-corrected chi connectivity index (χ1v) is 4.61. The molecule has 0 saturated carbocycles. The van der Waals surface area contributed by atoms with Crippen LogP contribution in [0.25, 0.3) is 0 Å². The van der Waals surface area contributed by atoms with Crippen molar-refractivity contribution in [1.82, 2.24) is 0 Å². The number of carbonyl (C=O) groups is 1. The predicted octanol–water partition coefficient (Wildman–Crippen LogP) is 0.858. The first-order chi connectivity index (χ1) is 4.61. The van der Waals surface area contributed by atoms with E-state index >= 15 is 0 Å². The van der Waals surface area contributed by atoms with Gasteiger partial charge in [-0.1, -0.05) is 13.8 Å². The third-order valence-electron chi connectivity index (χ3n) is 1.48. The summed E-state index contributed by atoms with van der Waals surface area (Å²) in [5.41, 5.74) is 0.735. The fraction of sp³-hybridized carbons (Fsp3) is 0.571. The average Bonchev–Trinajstić information content (AvgIpc) is 2.10. The minimum Gasteiger partial charge on any atom is -0.293 e. The lowest BCUT2D eigenvalue weighted by Gasteiger charge is -2.00. The van der Waals surface area contributed by atoms with E-state index in [1.165, 1.54) is 0 Å². The van der Waals surface area contributed by atoms with Crippen LogP contribution in [-0.2, 0) is 15.6 Å². The van der Waals surface area contributed by atoms with Crippen LogP contribution in [0.4, 0.5) is 0 Å². The van der Waals surface area contributed by atoms with E-state index in [2.05, 4.69) is 0 Å². The number of ketones is 1. The van der Waals surface area contributed by atoms with Gasteiger partial charge in [0.05, 0.1) is 16.6 Å². The van der Waals surface area contributed by atoms with Crippen molar-refractivity contribution in [3.8, 4) is 0 Å². The molecular weight excluding hydrogens is 148 g/mol. The number of rotatable bonds is 1. The van der Waals surface area contributed by atoms with Gasteiger partial charge in [0.2, 0.25) is 0 Å². The smallest absolute Gasteiger partial charge is 0.172 e. The van der Waals surface area contributed by atoms with E-state index in [-0.39, 0.29) is 17.5 Å². The van der Waals surface area contributed by atoms with E-state index in [1.54, 1.807) is 5.41 Å². The standard InChI is InChI=1S/C7H10O2S/c1-5(2)6-3-10(9)4-7(6)8/h3,5H,4H2,1-2H3. The quantitative estimate of drug-likeness (QED) is 0.567. The molecule has 0 amide bonds. The predicted molar refractivity (Wildman–Crippen MR) is 40.9 cm³/mol. The second kappa shape index (κ2) is 2.66. The van der Waals surface area contributed by atoms with Crippen molar-refractivity contribution in [2.24, 2.45) is 5.92 Å². The van der Waals surface area contributed by atoms with Gasteiger partial charge in [-0.05, 0) is 5.92 Å². The molecule has 0 saturated heterocycles. The Hall–Kier alpha value is -0.440. The van der Waals surface area contributed by atoms with Crippen LogP contribution in [0.1, 0.15) is 13.8 Å². The van der Waals surface area contributed by atoms with E-state index in [9.17, 15) is 9.00 Å². The maximum absolute atomic E-state index is 11.0. The highest BCUT2D eigenvalue weighted by atomic mass is 32.2. The van der Waals surface area contributed by atoms with Crippen LogP contribution in [-0.4, -0.2) is 15.7 Å². The lowest BCUT2D eigenvalue weighted by atomic mass is 10.0. The zero-order valence-corrected chi connectivity index (χ0v) is 6.90. The molecule has 0 aromatic rings. The molecule has 3 heteroatoms. The number of carbonyl (C=O) groups excluding carboxylic acids is 1. The first-order valence-electron chi connectivity index (χ1n) is 3.23. The molecule has 10 heavy (non-hydrogen) atoms. The third kappa shape index (κ3) is 1.34. The number of allylic oxidation sites excluding steroid dienone is 1. The van der Waals surface area contributed by atoms with Crippen molar-refractivity contribution in [1.29, 1.82) is 0 Å². The molecule has 0 radical (unpaired) electrons. The number of Topliss-reactive ketones (excluding diaryl/α,β-unsaturated/α-hetero) is 1. The maximum Gasteiger partial charge on any atom is 0.172 e. The van der Waals surface area contributed by atoms with Crippen LogP contribution in [0.5, 0.6) is 0 Å². The van der Waals surface area contributed by atoms with Gasteiger partial charge in [-0.3, -0.25) is 9.00 Å². The minimum atomic E-state index is -1.02. The van der Waals surface area contributed by atoms with Crippen molar-refractivity contribution < 1.29 is 9.00 Å². The van der Waals surface area contributed by atoms with Gasteiger partial charge < -0.3 is 0 Å². The van der Waals surface area contributed by atoms with E-state index in [0.717, 1.165) is 5.57 Å². The van der Waals surface area contributed by atoms with Crippen LogP contribution < -0.4 is 0 Å². The van der Waals surface area contributed by atoms with E-state index < -0.39 is 10.8 Å². The molecule has 0 aliphatic carbocycles. The highest BCUT2D eigenvalue weighted by Gasteiger charge is 2.22. The largest absolute Gasteiger partial charge is 0.293 e. The Morgan fingerprint density at radius 2 is 2.20 bits per heavy atom. The molecule has 1 rings (SSSR count). The zero-order valence-electron chi connectivity index (χ0n) is 6.09. The second-order valence-electron chi connectivity index (χ2n) is 2.68. The highest BCUT2D eigenvalue weighted by molar-refractivity contribution is 7.89. The first kappa shape index (κ1) is 7.66. The second-order valence-corrected chi connectivity index (χ2v) is 3.96. The molecule has 1 aliphatic rings. The summed E-state index contributed by atoms with van der Waals surface area (Å²) in [6.07, 6.45) is 0. The lowest BCUT2D eigenvalue weighted by molar-refractivity contribution is -0.113. The van der Waals surface area contributed by atoms with Gasteiger partial charge in [-0.15, -0.1) is 0 Å². The summed E-state index contributed by atoms with van der Waals surface area (Å²) in [7, 11) is -1.02. The average molecular weight is 158 g/mol. The third-order valence-corrected chi connectivity index (χ3v) is 2.54. The van der Waals surface area contributed by atoms with Crippen molar-refractivity contribution >= 4 is 16.6 Å². The summed E-state index contributed by atoms with van der Waals surface area (Å²) in [4.78, 5) is 11.0. The normalized spacial score (nSPS) is 25.7. The van der Waals surface area contributed by atoms with Gasteiger partial charge in [0.25, 0.3) is 0 Å². The fourth-order valence-electron chi connectivity index (χ4n) is 0.920. The molecule has 1 aliphatic heterocycles. The summed E-state index contributed by atoms with van der Waals surface area (Å²) in [6.45, 7) is 3.87. The SMILES string of the molecule is CC(C)C1=CS(=O)CC1=O. The van der Waals surface area contributed by atoms with Crippen LogP contribution in [0, 0.1) is 5.92 Å². The lowest BCUT2D eigenvalue weighted by Crippen LogP contribution is -2.06. The van der Waals surface area contributed by atoms with E-state index in [0.29, 0.717) is 0 Å². The zero-order chi connectivity index (χ0) is 7.72. The summed E-state index contributed by atoms with van der Waals surface area (Å²) in [5, 5.41) is 1.58. The topological polar surface area (TPSA) is 34.1 Å². The fourth-order valence-corrected chi connectivity index (χ4v) is 2.11. The van der Waals surface area contributed by atoms with Crippen LogP contribution >= 0.6 is 0 Å². The van der Waals surface area contributed by atoms with E-state index in [4.69, 9.17) is 0 Å². The van der Waals surface area contributed by atoms with Crippen LogP contribution in [0.3, 0.4) is 0 Å². The minimum absolute atomic E-state index is 0.0494. The summed E-state index contributed by atoms with van der Waals surface area (Å²) in [6, 6.07) is 0. The van der Waals surface area contributed by atoms with Gasteiger partial charge in [0.1, 0.15) is 0 Å². The Kier molecular flexibility index (Phi) is 2.04. The molecule has 2 nitrogen and oxygen atoms in total. The molecule has 0 N–H and O–H groups in total. The summed E-state index contributed by atoms with van der Waals surface area (Å²) >= 11 is 0. The van der Waals surface area contributed by atoms with Gasteiger partial charge >= 0.3 is 0 Å². The Bertz CT molecular complexity index is 216. The molecule has 0 bridgehead atoms. The van der Waals surface area contributed by atoms with Crippen molar-refractivity contribution in [2.45, 2.75) is 13.8 Å². The Morgan fingerprint density at radius 1 is 1.60 bits per heavy atom. The molecule has 0 aromatic heterocycles. The molecule has 0 fully saturated rings. The highest BCUT2D eigenvalue weighted by Crippen LogP contribution is 2.17. The Balaban J connectivity index is 2.85. The molecule has 56 valence electrons. The maximum atomic E-state index is 11.0. The van der Waals surface area contributed by atoms with E-state index in [1.807, 2.05) is 13.8 Å². The van der Waals surface area contributed by atoms with Crippen LogP contribution in [0.15, 0.2) is 11.0 Å². The monoisotopic (exact) mass is 158 g/mol. The van der Waals surface area contributed by atoms with Crippen molar-refractivity contribution in [2.75, 3.05) is 5.75 Å². The molecule has 1 atom stereocenters. The molecule has 1 unspecified atom stereocenters. The Labute approximate surface area is 62.8 Å². The Morgan fingerprint density at radius 3 is 2.40 bits per heavy atom. The molecule has 0 aromatic carbocycles. The molecule has 1 heterocycles. The van der Waals surface area contributed by atoms with Crippen molar-refractivity contribution in [3.63, 3.8) is 0 Å². The number of hydrogen-bond donors (Lipinski definition) is 0. The summed E-state index contributed by atoms with van der Waals surface area (Å²) in [5.74, 6) is 0.473. The van der Waals surface area contributed by atoms with Gasteiger partial charge in [0, 0.05) is 11.0 Å². The number of hydrogen-bond acceptors (Lipinski definition) is 2. The van der Waals surface area contributed by atoms with Gasteiger partial charge in [-0.2, -0.15) is 0 Å². The molecular formula is C7H10O2S. The van der Waals surface area contributed by atoms with Gasteiger partial charge in [0.15, 0.2) is 5.78 Å². The molecule has 0 spiro atoms. The van der Waals surface area contributed by atoms with Crippen LogP contribution in [0.2, 0.25) is 0 Å². The summed E-state index contributed by atoms with van der Waals surface area (Å²) < 4.78 is 10.8. The van der Waals surface area contributed by atoms with Gasteiger partial charge in [-0.25, -0.2) is 0 Å².